The van der Waals surface area contributed by atoms with Crippen molar-refractivity contribution in [2.45, 2.75) is 31.1 Å². The van der Waals surface area contributed by atoms with Gasteiger partial charge in [0.15, 0.2) is 5.17 Å². The SMILES string of the molecule is Cc1ccc([C@H]2CC(c3ccc(Cl)cc3)=NN2C2=NC(=O)[C@@H](CC(=O)Nc3ccccc3)S2)cc1. The summed E-state index contributed by atoms with van der Waals surface area (Å²) in [5.74, 6) is -0.536. The van der Waals surface area contributed by atoms with Crippen LogP contribution in [-0.2, 0) is 9.59 Å². The molecule has 6 nitrogen and oxygen atoms in total. The van der Waals surface area contributed by atoms with Gasteiger partial charge in [-0.2, -0.15) is 10.1 Å². The Hall–Kier alpha value is -3.42. The number of halogens is 1. The molecule has 0 saturated heterocycles. The lowest BCUT2D eigenvalue weighted by molar-refractivity contribution is -0.121. The fourth-order valence-electron chi connectivity index (χ4n) is 4.06. The van der Waals surface area contributed by atoms with E-state index in [-0.39, 0.29) is 24.3 Å². The number of para-hydroxylation sites is 1. The molecular weight excluding hydrogens is 480 g/mol. The maximum absolute atomic E-state index is 12.7. The summed E-state index contributed by atoms with van der Waals surface area (Å²) in [6, 6.07) is 25.0. The molecule has 0 aromatic heterocycles. The van der Waals surface area contributed by atoms with Crippen LogP contribution in [0.4, 0.5) is 5.69 Å². The van der Waals surface area contributed by atoms with Crippen LogP contribution in [0.15, 0.2) is 89.0 Å². The number of benzene rings is 3. The number of nitrogens with zero attached hydrogens (tertiary/aromatic N) is 3. The van der Waals surface area contributed by atoms with Gasteiger partial charge >= 0.3 is 0 Å². The summed E-state index contributed by atoms with van der Waals surface area (Å²) in [5, 5.41) is 10.1. The van der Waals surface area contributed by atoms with Gasteiger partial charge in [0, 0.05) is 23.6 Å². The molecule has 5 rings (SSSR count). The van der Waals surface area contributed by atoms with Gasteiger partial charge in [0.2, 0.25) is 5.91 Å². The van der Waals surface area contributed by atoms with Crippen molar-refractivity contribution in [3.05, 3.63) is 101 Å². The summed E-state index contributed by atoms with van der Waals surface area (Å²) in [6.07, 6.45) is 0.708. The molecule has 0 saturated carbocycles. The van der Waals surface area contributed by atoms with Gasteiger partial charge in [0.1, 0.15) is 5.25 Å². The zero-order valence-corrected chi connectivity index (χ0v) is 20.6. The lowest BCUT2D eigenvalue weighted by Crippen LogP contribution is -2.25. The second-order valence-electron chi connectivity index (χ2n) is 8.49. The normalized spacial score (nSPS) is 19.5. The molecule has 3 aromatic rings. The number of rotatable bonds is 5. The molecule has 2 amide bonds. The summed E-state index contributed by atoms with van der Waals surface area (Å²) >= 11 is 7.37. The molecule has 1 N–H and O–H groups in total. The van der Waals surface area contributed by atoms with E-state index < -0.39 is 5.25 Å². The van der Waals surface area contributed by atoms with Gasteiger partial charge in [-0.05, 0) is 42.3 Å². The summed E-state index contributed by atoms with van der Waals surface area (Å²) < 4.78 is 0. The number of anilines is 1. The lowest BCUT2D eigenvalue weighted by atomic mass is 9.98. The Labute approximate surface area is 213 Å². The Bertz CT molecular complexity index is 1310. The van der Waals surface area contributed by atoms with E-state index in [1.807, 2.05) is 66.5 Å². The third kappa shape index (κ3) is 5.31. The predicted molar refractivity (Wildman–Crippen MR) is 142 cm³/mol. The second kappa shape index (κ2) is 10.1. The molecule has 0 bridgehead atoms. The molecule has 8 heteroatoms. The van der Waals surface area contributed by atoms with Gasteiger partial charge in [0.05, 0.1) is 11.8 Å². The van der Waals surface area contributed by atoms with E-state index >= 15 is 0 Å². The standard InChI is InChI=1S/C27H23ClN4O2S/c1-17-7-9-19(10-8-17)23-15-22(18-11-13-20(28)14-12-18)31-32(23)27-30-26(34)24(35-27)16-25(33)29-21-5-3-2-4-6-21/h2-14,23-24H,15-16H2,1H3,(H,29,33)/t23-,24-/m1/s1. The number of aryl methyl sites for hydroxylation is 1. The minimum absolute atomic E-state index is 0.0438. The molecule has 176 valence electrons. The predicted octanol–water partition coefficient (Wildman–Crippen LogP) is 5.83. The molecule has 3 aromatic carbocycles. The van der Waals surface area contributed by atoms with Crippen molar-refractivity contribution in [3.8, 4) is 0 Å². The first kappa shape index (κ1) is 23.3. The highest BCUT2D eigenvalue weighted by molar-refractivity contribution is 8.15. The van der Waals surface area contributed by atoms with E-state index in [1.54, 1.807) is 0 Å². The number of nitrogens with one attached hydrogen (secondary N) is 1. The first-order valence-corrected chi connectivity index (χ1v) is 12.6. The number of hydrazone groups is 1. The van der Waals surface area contributed by atoms with Gasteiger partial charge in [-0.1, -0.05) is 83.5 Å². The highest BCUT2D eigenvalue weighted by atomic mass is 35.5. The highest BCUT2D eigenvalue weighted by Gasteiger charge is 2.39. The Morgan fingerprint density at radius 3 is 2.49 bits per heavy atom. The van der Waals surface area contributed by atoms with Crippen LogP contribution >= 0.6 is 23.4 Å². The number of amidine groups is 1. The van der Waals surface area contributed by atoms with Crippen molar-refractivity contribution in [1.29, 1.82) is 0 Å². The summed E-state index contributed by atoms with van der Waals surface area (Å²) in [4.78, 5) is 29.6. The minimum Gasteiger partial charge on any atom is -0.326 e. The Morgan fingerprint density at radius 1 is 1.06 bits per heavy atom. The summed E-state index contributed by atoms with van der Waals surface area (Å²) in [6.45, 7) is 2.05. The molecular formula is C27H23ClN4O2S. The van der Waals surface area contributed by atoms with Crippen LogP contribution in [0.5, 0.6) is 0 Å². The van der Waals surface area contributed by atoms with E-state index in [2.05, 4.69) is 34.6 Å². The van der Waals surface area contributed by atoms with Crippen LogP contribution in [0, 0.1) is 6.92 Å². The maximum Gasteiger partial charge on any atom is 0.262 e. The number of hydrogen-bond donors (Lipinski definition) is 1. The monoisotopic (exact) mass is 502 g/mol. The van der Waals surface area contributed by atoms with Crippen LogP contribution in [0.1, 0.15) is 35.6 Å². The molecule has 35 heavy (non-hydrogen) atoms. The van der Waals surface area contributed by atoms with Crippen molar-refractivity contribution in [1.82, 2.24) is 5.01 Å². The number of aliphatic imine (C=N–C) groups is 1. The quantitative estimate of drug-likeness (QED) is 0.476. The van der Waals surface area contributed by atoms with Gasteiger partial charge < -0.3 is 5.32 Å². The maximum atomic E-state index is 12.7. The molecule has 0 aliphatic carbocycles. The number of amides is 2. The summed E-state index contributed by atoms with van der Waals surface area (Å²) in [7, 11) is 0. The van der Waals surface area contributed by atoms with Crippen LogP contribution in [0.3, 0.4) is 0 Å². The van der Waals surface area contributed by atoms with E-state index in [0.29, 0.717) is 22.3 Å². The molecule has 2 atom stereocenters. The molecule has 2 aliphatic heterocycles. The van der Waals surface area contributed by atoms with Crippen molar-refractivity contribution >= 4 is 51.7 Å². The first-order valence-electron chi connectivity index (χ1n) is 11.3. The van der Waals surface area contributed by atoms with E-state index in [1.165, 1.54) is 17.3 Å². The van der Waals surface area contributed by atoms with E-state index in [4.69, 9.17) is 16.7 Å². The zero-order valence-electron chi connectivity index (χ0n) is 19.0. The molecule has 0 spiro atoms. The molecule has 2 heterocycles. The van der Waals surface area contributed by atoms with Gasteiger partial charge in [-0.15, -0.1) is 0 Å². The largest absolute Gasteiger partial charge is 0.326 e. The average Bonchev–Trinajstić information content (AvgIpc) is 3.45. The van der Waals surface area contributed by atoms with Crippen molar-refractivity contribution in [3.63, 3.8) is 0 Å². The number of carbonyl (C=O) groups excluding carboxylic acids is 2. The fourth-order valence-corrected chi connectivity index (χ4v) is 5.25. The first-order chi connectivity index (χ1) is 17.0. The fraction of sp³-hybridized carbons (Fsp3) is 0.185. The highest BCUT2D eigenvalue weighted by Crippen LogP contribution is 2.38. The van der Waals surface area contributed by atoms with Crippen LogP contribution in [0.25, 0.3) is 0 Å². The number of thioether (sulfide) groups is 1. The number of carbonyl (C=O) groups is 2. The molecule has 2 aliphatic rings. The molecule has 0 radical (unpaired) electrons. The van der Waals surface area contributed by atoms with E-state index in [9.17, 15) is 9.59 Å². The van der Waals surface area contributed by atoms with Crippen molar-refractivity contribution < 1.29 is 9.59 Å². The zero-order chi connectivity index (χ0) is 24.4. The molecule has 0 unspecified atom stereocenters. The van der Waals surface area contributed by atoms with Gasteiger partial charge in [-0.3, -0.25) is 9.59 Å². The van der Waals surface area contributed by atoms with Crippen LogP contribution < -0.4 is 5.32 Å². The molecule has 0 fully saturated rings. The number of hydrogen-bond acceptors (Lipinski definition) is 5. The van der Waals surface area contributed by atoms with Gasteiger partial charge in [0.25, 0.3) is 5.91 Å². The third-order valence-corrected chi connectivity index (χ3v) is 7.30. The van der Waals surface area contributed by atoms with Crippen LogP contribution in [0.2, 0.25) is 5.02 Å². The second-order valence-corrected chi connectivity index (χ2v) is 10.1. The summed E-state index contributed by atoms with van der Waals surface area (Å²) in [5.41, 5.74) is 4.83. The lowest BCUT2D eigenvalue weighted by Gasteiger charge is -2.23. The van der Waals surface area contributed by atoms with Crippen molar-refractivity contribution in [2.24, 2.45) is 10.1 Å². The Balaban J connectivity index is 1.36. The van der Waals surface area contributed by atoms with Crippen LogP contribution in [-0.4, -0.2) is 33.0 Å². The Kier molecular flexibility index (Phi) is 6.70. The van der Waals surface area contributed by atoms with Crippen molar-refractivity contribution in [2.75, 3.05) is 5.32 Å². The smallest absolute Gasteiger partial charge is 0.262 e. The topological polar surface area (TPSA) is 74.1 Å². The van der Waals surface area contributed by atoms with E-state index in [0.717, 1.165) is 16.8 Å². The Morgan fingerprint density at radius 2 is 1.77 bits per heavy atom. The minimum atomic E-state index is -0.581. The van der Waals surface area contributed by atoms with Gasteiger partial charge in [-0.25, -0.2) is 5.01 Å². The average molecular weight is 503 g/mol. The third-order valence-electron chi connectivity index (χ3n) is 5.90.